The molecule has 0 radical (unpaired) electrons. The van der Waals surface area contributed by atoms with E-state index in [0.717, 1.165) is 4.57 Å². The van der Waals surface area contributed by atoms with Crippen LogP contribution in [0.5, 0.6) is 0 Å². The van der Waals surface area contributed by atoms with Crippen LogP contribution in [-0.2, 0) is 16.1 Å². The number of carbonyl (C=O) groups is 2. The molecule has 0 saturated heterocycles. The summed E-state index contributed by atoms with van der Waals surface area (Å²) < 4.78 is 1.00. The molecule has 1 aromatic rings. The lowest BCUT2D eigenvalue weighted by atomic mass is 10.3. The van der Waals surface area contributed by atoms with Crippen molar-refractivity contribution < 1.29 is 14.7 Å². The Bertz CT molecular complexity index is 586. The third-order valence-electron chi connectivity index (χ3n) is 2.25. The zero-order chi connectivity index (χ0) is 13.9. The fraction of sp³-hybridized carbons (Fsp3) is 0.400. The molecule has 8 nitrogen and oxygen atoms in total. The molecule has 1 atom stereocenters. The van der Waals surface area contributed by atoms with Crippen LogP contribution in [0.4, 0.5) is 0 Å². The highest BCUT2D eigenvalue weighted by Crippen LogP contribution is 1.87. The largest absolute Gasteiger partial charge is 0.480 e. The minimum Gasteiger partial charge on any atom is -0.480 e. The Morgan fingerprint density at radius 3 is 2.67 bits per heavy atom. The van der Waals surface area contributed by atoms with Gasteiger partial charge in [-0.2, -0.15) is 0 Å². The number of aromatic nitrogens is 2. The number of carboxylic acids is 1. The fourth-order valence-electron chi connectivity index (χ4n) is 1.24. The highest BCUT2D eigenvalue weighted by molar-refractivity contribution is 5.83. The number of aryl methyl sites for hydroxylation is 1. The van der Waals surface area contributed by atoms with Crippen molar-refractivity contribution in [2.45, 2.75) is 26.4 Å². The fourth-order valence-corrected chi connectivity index (χ4v) is 1.24. The molecule has 18 heavy (non-hydrogen) atoms. The lowest BCUT2D eigenvalue weighted by molar-refractivity contribution is -0.141. The molecule has 0 unspecified atom stereocenters. The van der Waals surface area contributed by atoms with Gasteiger partial charge in [0.05, 0.1) is 0 Å². The Morgan fingerprint density at radius 2 is 2.11 bits per heavy atom. The van der Waals surface area contributed by atoms with E-state index in [4.69, 9.17) is 5.11 Å². The second-order valence-corrected chi connectivity index (χ2v) is 3.83. The summed E-state index contributed by atoms with van der Waals surface area (Å²) in [7, 11) is 0. The Morgan fingerprint density at radius 1 is 1.50 bits per heavy atom. The minimum atomic E-state index is -1.17. The molecule has 0 aliphatic rings. The predicted octanol–water partition coefficient (Wildman–Crippen LogP) is -1.57. The number of aromatic amines is 1. The summed E-state index contributed by atoms with van der Waals surface area (Å²) in [6.07, 6.45) is 1.24. The first-order valence-corrected chi connectivity index (χ1v) is 5.14. The Balaban J connectivity index is 2.83. The molecular weight excluding hydrogens is 242 g/mol. The van der Waals surface area contributed by atoms with Crippen molar-refractivity contribution in [1.82, 2.24) is 14.9 Å². The molecule has 0 bridgehead atoms. The summed E-state index contributed by atoms with van der Waals surface area (Å²) in [5.41, 5.74) is -0.951. The van der Waals surface area contributed by atoms with Gasteiger partial charge < -0.3 is 10.4 Å². The summed E-state index contributed by atoms with van der Waals surface area (Å²) in [5.74, 6) is -1.80. The molecule has 1 heterocycles. The van der Waals surface area contributed by atoms with E-state index < -0.39 is 29.2 Å². The van der Waals surface area contributed by atoms with Gasteiger partial charge in [0, 0.05) is 11.8 Å². The van der Waals surface area contributed by atoms with Crippen LogP contribution in [0.2, 0.25) is 0 Å². The van der Waals surface area contributed by atoms with Crippen molar-refractivity contribution in [1.29, 1.82) is 0 Å². The molecule has 1 rings (SSSR count). The SMILES string of the molecule is Cc1cn(CC(=O)N[C@H](C)C(=O)O)c(=O)[nH]c1=O. The smallest absolute Gasteiger partial charge is 0.328 e. The maximum atomic E-state index is 11.4. The molecule has 3 N–H and O–H groups in total. The van der Waals surface area contributed by atoms with Gasteiger partial charge in [0.1, 0.15) is 12.6 Å². The van der Waals surface area contributed by atoms with E-state index >= 15 is 0 Å². The maximum Gasteiger partial charge on any atom is 0.328 e. The molecule has 0 aliphatic heterocycles. The van der Waals surface area contributed by atoms with E-state index in [1.165, 1.54) is 20.0 Å². The Kier molecular flexibility index (Phi) is 4.03. The lowest BCUT2D eigenvalue weighted by Crippen LogP contribution is -2.42. The summed E-state index contributed by atoms with van der Waals surface area (Å²) >= 11 is 0. The summed E-state index contributed by atoms with van der Waals surface area (Å²) in [6, 6.07) is -1.04. The number of hydrogen-bond donors (Lipinski definition) is 3. The van der Waals surface area contributed by atoms with Crippen molar-refractivity contribution in [3.05, 3.63) is 32.6 Å². The first-order valence-electron chi connectivity index (χ1n) is 5.14. The van der Waals surface area contributed by atoms with Crippen molar-refractivity contribution >= 4 is 11.9 Å². The number of aliphatic carboxylic acids is 1. The number of hydrogen-bond acceptors (Lipinski definition) is 4. The standard InChI is InChI=1S/C10H13N3O5/c1-5-3-13(10(18)12-8(5)15)4-7(14)11-6(2)9(16)17/h3,6H,4H2,1-2H3,(H,11,14)(H,16,17)(H,12,15,18)/t6-/m1/s1. The molecule has 8 heteroatoms. The van der Waals surface area contributed by atoms with Crippen molar-refractivity contribution in [3.63, 3.8) is 0 Å². The van der Waals surface area contributed by atoms with Crippen LogP contribution in [0.15, 0.2) is 15.8 Å². The van der Waals surface area contributed by atoms with Crippen LogP contribution in [0.25, 0.3) is 0 Å². The number of rotatable bonds is 4. The van der Waals surface area contributed by atoms with Gasteiger partial charge >= 0.3 is 11.7 Å². The summed E-state index contributed by atoms with van der Waals surface area (Å²) in [5, 5.41) is 10.8. The molecule has 0 saturated carbocycles. The molecule has 0 aromatic carbocycles. The van der Waals surface area contributed by atoms with Gasteiger partial charge in [-0.25, -0.2) is 4.79 Å². The van der Waals surface area contributed by atoms with Crippen molar-refractivity contribution in [2.24, 2.45) is 0 Å². The van der Waals surface area contributed by atoms with Crippen LogP contribution < -0.4 is 16.6 Å². The molecule has 0 spiro atoms. The number of carbonyl (C=O) groups excluding carboxylic acids is 1. The summed E-state index contributed by atoms with van der Waals surface area (Å²) in [6.45, 7) is 2.45. The van der Waals surface area contributed by atoms with Crippen LogP contribution in [-0.4, -0.2) is 32.6 Å². The summed E-state index contributed by atoms with van der Waals surface area (Å²) in [4.78, 5) is 46.5. The van der Waals surface area contributed by atoms with Gasteiger partial charge in [-0.3, -0.25) is 23.9 Å². The minimum absolute atomic E-state index is 0.286. The Hall–Kier alpha value is -2.38. The van der Waals surface area contributed by atoms with Crippen LogP contribution in [0.3, 0.4) is 0 Å². The maximum absolute atomic E-state index is 11.4. The van der Waals surface area contributed by atoms with Gasteiger partial charge in [0.2, 0.25) is 5.91 Å². The third-order valence-corrected chi connectivity index (χ3v) is 2.25. The number of carboxylic acid groups (broad SMARTS) is 1. The van der Waals surface area contributed by atoms with Gasteiger partial charge in [-0.1, -0.05) is 0 Å². The number of H-pyrrole nitrogens is 1. The number of nitrogens with zero attached hydrogens (tertiary/aromatic N) is 1. The van der Waals surface area contributed by atoms with Crippen molar-refractivity contribution in [3.8, 4) is 0 Å². The zero-order valence-electron chi connectivity index (χ0n) is 9.89. The van der Waals surface area contributed by atoms with Crippen LogP contribution in [0, 0.1) is 6.92 Å². The van der Waals surface area contributed by atoms with Crippen LogP contribution in [0.1, 0.15) is 12.5 Å². The van der Waals surface area contributed by atoms with E-state index in [0.29, 0.717) is 0 Å². The normalized spacial score (nSPS) is 11.9. The monoisotopic (exact) mass is 255 g/mol. The van der Waals surface area contributed by atoms with Gasteiger partial charge in [0.25, 0.3) is 5.56 Å². The van der Waals surface area contributed by atoms with Crippen LogP contribution >= 0.6 is 0 Å². The molecular formula is C10H13N3O5. The van der Waals surface area contributed by atoms with E-state index in [1.54, 1.807) is 0 Å². The second kappa shape index (κ2) is 5.30. The van der Waals surface area contributed by atoms with Gasteiger partial charge in [-0.05, 0) is 13.8 Å². The van der Waals surface area contributed by atoms with E-state index in [9.17, 15) is 19.2 Å². The highest BCUT2D eigenvalue weighted by atomic mass is 16.4. The topological polar surface area (TPSA) is 121 Å². The average molecular weight is 255 g/mol. The Labute approximate surface area is 101 Å². The quantitative estimate of drug-likeness (QED) is 0.600. The van der Waals surface area contributed by atoms with Gasteiger partial charge in [-0.15, -0.1) is 0 Å². The molecule has 0 fully saturated rings. The molecule has 0 aliphatic carbocycles. The van der Waals surface area contributed by atoms with E-state index in [1.807, 2.05) is 4.98 Å². The lowest BCUT2D eigenvalue weighted by Gasteiger charge is -2.10. The highest BCUT2D eigenvalue weighted by Gasteiger charge is 2.14. The first-order chi connectivity index (χ1) is 8.31. The third kappa shape index (κ3) is 3.30. The number of amides is 1. The molecule has 1 aromatic heterocycles. The second-order valence-electron chi connectivity index (χ2n) is 3.83. The average Bonchev–Trinajstić information content (AvgIpc) is 2.25. The van der Waals surface area contributed by atoms with E-state index in [-0.39, 0.29) is 12.1 Å². The van der Waals surface area contributed by atoms with E-state index in [2.05, 4.69) is 5.32 Å². The zero-order valence-corrected chi connectivity index (χ0v) is 9.89. The predicted molar refractivity (Wildman–Crippen MR) is 61.3 cm³/mol. The van der Waals surface area contributed by atoms with Gasteiger partial charge in [0.15, 0.2) is 0 Å². The molecule has 1 amide bonds. The molecule has 98 valence electrons. The number of nitrogens with one attached hydrogen (secondary N) is 2. The van der Waals surface area contributed by atoms with Crippen molar-refractivity contribution in [2.75, 3.05) is 0 Å². The first kappa shape index (κ1) is 13.7.